The summed E-state index contributed by atoms with van der Waals surface area (Å²) in [5, 5.41) is 0. The minimum absolute atomic E-state index is 0.222. The summed E-state index contributed by atoms with van der Waals surface area (Å²) >= 11 is 0. The standard InChI is InChI=1S/C11H23NO2Si/c1-5-7-8-11(14-15(3)4)9-12(6-2)10(11)13/h15H,5-9H2,1-4H3. The molecule has 15 heavy (non-hydrogen) atoms. The Hall–Kier alpha value is -0.353. The molecule has 4 heteroatoms. The van der Waals surface area contributed by atoms with Crippen LogP contribution in [0.1, 0.15) is 33.1 Å². The molecule has 0 aromatic carbocycles. The predicted molar refractivity (Wildman–Crippen MR) is 64.5 cm³/mol. The summed E-state index contributed by atoms with van der Waals surface area (Å²) < 4.78 is 5.97. The number of likely N-dealkylation sites (tertiary alicyclic amines) is 1. The highest BCUT2D eigenvalue weighted by Gasteiger charge is 2.51. The van der Waals surface area contributed by atoms with E-state index in [0.29, 0.717) is 0 Å². The monoisotopic (exact) mass is 229 g/mol. The van der Waals surface area contributed by atoms with E-state index in [9.17, 15) is 4.79 Å². The van der Waals surface area contributed by atoms with Gasteiger partial charge in [0.2, 0.25) is 0 Å². The van der Waals surface area contributed by atoms with Crippen LogP contribution in [0, 0.1) is 0 Å². The van der Waals surface area contributed by atoms with Crippen LogP contribution in [-0.2, 0) is 9.22 Å². The van der Waals surface area contributed by atoms with Crippen LogP contribution in [0.4, 0.5) is 0 Å². The van der Waals surface area contributed by atoms with Crippen LogP contribution in [0.25, 0.3) is 0 Å². The van der Waals surface area contributed by atoms with E-state index in [1.54, 1.807) is 0 Å². The summed E-state index contributed by atoms with van der Waals surface area (Å²) in [6, 6.07) is 0. The zero-order chi connectivity index (χ0) is 11.5. The lowest BCUT2D eigenvalue weighted by atomic mass is 9.87. The molecule has 0 saturated carbocycles. The van der Waals surface area contributed by atoms with Gasteiger partial charge in [-0.05, 0) is 26.4 Å². The SMILES string of the molecule is CCCCC1(O[SiH](C)C)CN(CC)C1=O. The number of hydrogen-bond donors (Lipinski definition) is 0. The average molecular weight is 229 g/mol. The molecule has 0 aliphatic carbocycles. The number of hydrogen-bond acceptors (Lipinski definition) is 2. The molecule has 1 rings (SSSR count). The first-order valence-corrected chi connectivity index (χ1v) is 8.81. The van der Waals surface area contributed by atoms with Crippen LogP contribution in [0.15, 0.2) is 0 Å². The van der Waals surface area contributed by atoms with Crippen molar-refractivity contribution in [1.29, 1.82) is 0 Å². The molecule has 1 aliphatic heterocycles. The molecule has 1 saturated heterocycles. The average Bonchev–Trinajstić information content (AvgIpc) is 2.20. The fourth-order valence-electron chi connectivity index (χ4n) is 2.15. The quantitative estimate of drug-likeness (QED) is 0.513. The molecule has 1 aliphatic rings. The normalized spacial score (nSPS) is 25.9. The van der Waals surface area contributed by atoms with Crippen molar-refractivity contribution >= 4 is 14.9 Å². The van der Waals surface area contributed by atoms with Crippen molar-refractivity contribution in [2.24, 2.45) is 0 Å². The second kappa shape index (κ2) is 5.12. The van der Waals surface area contributed by atoms with Crippen molar-refractivity contribution in [1.82, 2.24) is 4.90 Å². The van der Waals surface area contributed by atoms with E-state index in [2.05, 4.69) is 20.0 Å². The largest absolute Gasteiger partial charge is 0.405 e. The molecule has 1 atom stereocenters. The molecule has 1 heterocycles. The molecule has 88 valence electrons. The number of carbonyl (C=O) groups excluding carboxylic acids is 1. The minimum Gasteiger partial charge on any atom is -0.405 e. The van der Waals surface area contributed by atoms with Gasteiger partial charge in [0.25, 0.3) is 5.91 Å². The first kappa shape index (κ1) is 12.7. The number of β-lactam (4-membered cyclic amide) rings is 1. The van der Waals surface area contributed by atoms with E-state index in [1.807, 2.05) is 11.8 Å². The van der Waals surface area contributed by atoms with Crippen LogP contribution in [-0.4, -0.2) is 38.5 Å². The molecule has 0 N–H and O–H groups in total. The number of amides is 1. The van der Waals surface area contributed by atoms with Gasteiger partial charge in [0.1, 0.15) is 0 Å². The fourth-order valence-corrected chi connectivity index (χ4v) is 3.34. The second-order valence-electron chi connectivity index (χ2n) is 4.58. The number of carbonyl (C=O) groups is 1. The fraction of sp³-hybridized carbons (Fsp3) is 0.909. The Labute approximate surface area is 94.5 Å². The molecule has 3 nitrogen and oxygen atoms in total. The van der Waals surface area contributed by atoms with Gasteiger partial charge < -0.3 is 9.33 Å². The highest BCUT2D eigenvalue weighted by Crippen LogP contribution is 2.32. The topological polar surface area (TPSA) is 29.5 Å². The summed E-state index contributed by atoms with van der Waals surface area (Å²) in [6.45, 7) is 10.1. The first-order chi connectivity index (χ1) is 7.05. The maximum absolute atomic E-state index is 12.0. The molecular weight excluding hydrogens is 206 g/mol. The van der Waals surface area contributed by atoms with Crippen molar-refractivity contribution in [3.05, 3.63) is 0 Å². The Bertz CT molecular complexity index is 229. The van der Waals surface area contributed by atoms with Crippen LogP contribution in [0.3, 0.4) is 0 Å². The Morgan fingerprint density at radius 1 is 1.47 bits per heavy atom. The van der Waals surface area contributed by atoms with Gasteiger partial charge in [0.05, 0.1) is 6.54 Å². The number of unbranched alkanes of at least 4 members (excludes halogenated alkanes) is 1. The highest BCUT2D eigenvalue weighted by atomic mass is 28.3. The molecule has 0 aromatic heterocycles. The molecule has 1 unspecified atom stereocenters. The van der Waals surface area contributed by atoms with E-state index >= 15 is 0 Å². The maximum Gasteiger partial charge on any atom is 0.255 e. The van der Waals surface area contributed by atoms with E-state index < -0.39 is 14.6 Å². The van der Waals surface area contributed by atoms with Gasteiger partial charge in [-0.1, -0.05) is 19.8 Å². The van der Waals surface area contributed by atoms with Crippen molar-refractivity contribution in [3.8, 4) is 0 Å². The predicted octanol–water partition coefficient (Wildman–Crippen LogP) is 1.78. The van der Waals surface area contributed by atoms with Crippen LogP contribution < -0.4 is 0 Å². The molecule has 1 amide bonds. The molecule has 1 fully saturated rings. The number of likely N-dealkylation sites (N-methyl/N-ethyl adjacent to an activating group) is 1. The molecular formula is C11H23NO2Si. The Balaban J connectivity index is 2.59. The van der Waals surface area contributed by atoms with Gasteiger partial charge in [-0.3, -0.25) is 4.79 Å². The maximum atomic E-state index is 12.0. The van der Waals surface area contributed by atoms with Crippen molar-refractivity contribution in [2.75, 3.05) is 13.1 Å². The van der Waals surface area contributed by atoms with E-state index in [1.165, 1.54) is 0 Å². The summed E-state index contributed by atoms with van der Waals surface area (Å²) in [4.78, 5) is 13.9. The third-order valence-corrected chi connectivity index (χ3v) is 3.82. The summed E-state index contributed by atoms with van der Waals surface area (Å²) in [7, 11) is -1.13. The van der Waals surface area contributed by atoms with Gasteiger partial charge in [0.15, 0.2) is 14.6 Å². The van der Waals surface area contributed by atoms with E-state index in [0.717, 1.165) is 32.4 Å². The molecule has 0 radical (unpaired) electrons. The minimum atomic E-state index is -1.13. The van der Waals surface area contributed by atoms with Crippen LogP contribution in [0.5, 0.6) is 0 Å². The zero-order valence-electron chi connectivity index (χ0n) is 10.4. The van der Waals surface area contributed by atoms with Gasteiger partial charge in [-0.25, -0.2) is 0 Å². The van der Waals surface area contributed by atoms with Crippen molar-refractivity contribution in [2.45, 2.75) is 51.8 Å². The number of nitrogens with zero attached hydrogens (tertiary/aromatic N) is 1. The lowest BCUT2D eigenvalue weighted by Gasteiger charge is -2.49. The molecule has 0 spiro atoms. The molecule has 0 bridgehead atoms. The first-order valence-electron chi connectivity index (χ1n) is 6.03. The summed E-state index contributed by atoms with van der Waals surface area (Å²) in [6.07, 6.45) is 3.12. The lowest BCUT2D eigenvalue weighted by Crippen LogP contribution is -2.68. The van der Waals surface area contributed by atoms with Gasteiger partial charge in [-0.2, -0.15) is 0 Å². The van der Waals surface area contributed by atoms with Crippen molar-refractivity contribution < 1.29 is 9.22 Å². The van der Waals surface area contributed by atoms with Crippen LogP contribution in [0.2, 0.25) is 13.1 Å². The van der Waals surface area contributed by atoms with Crippen molar-refractivity contribution in [3.63, 3.8) is 0 Å². The van der Waals surface area contributed by atoms with E-state index in [-0.39, 0.29) is 5.91 Å². The van der Waals surface area contributed by atoms with Gasteiger partial charge in [-0.15, -0.1) is 0 Å². The van der Waals surface area contributed by atoms with Gasteiger partial charge in [0, 0.05) is 6.54 Å². The summed E-state index contributed by atoms with van der Waals surface area (Å²) in [5.74, 6) is 0.222. The third-order valence-electron chi connectivity index (χ3n) is 2.90. The van der Waals surface area contributed by atoms with Crippen LogP contribution >= 0.6 is 0 Å². The zero-order valence-corrected chi connectivity index (χ0v) is 11.5. The smallest absolute Gasteiger partial charge is 0.255 e. The number of rotatable bonds is 6. The Kier molecular flexibility index (Phi) is 4.34. The second-order valence-corrected chi connectivity index (χ2v) is 6.92. The Morgan fingerprint density at radius 2 is 2.13 bits per heavy atom. The van der Waals surface area contributed by atoms with Gasteiger partial charge >= 0.3 is 0 Å². The third kappa shape index (κ3) is 2.61. The molecule has 0 aromatic rings. The van der Waals surface area contributed by atoms with E-state index in [4.69, 9.17) is 4.43 Å². The summed E-state index contributed by atoms with van der Waals surface area (Å²) in [5.41, 5.74) is -0.424. The lowest BCUT2D eigenvalue weighted by molar-refractivity contribution is -0.171. The highest BCUT2D eigenvalue weighted by molar-refractivity contribution is 6.48. The Morgan fingerprint density at radius 3 is 2.53 bits per heavy atom.